The van der Waals surface area contributed by atoms with Crippen molar-refractivity contribution in [3.05, 3.63) is 76.9 Å². The van der Waals surface area contributed by atoms with Gasteiger partial charge in [0.1, 0.15) is 26.8 Å². The van der Waals surface area contributed by atoms with Gasteiger partial charge in [-0.05, 0) is 42.3 Å². The van der Waals surface area contributed by atoms with Crippen LogP contribution in [0, 0.1) is 6.92 Å². The van der Waals surface area contributed by atoms with Gasteiger partial charge in [-0.25, -0.2) is 8.42 Å². The van der Waals surface area contributed by atoms with Crippen LogP contribution in [0.4, 0.5) is 0 Å². The van der Waals surface area contributed by atoms with E-state index in [2.05, 4.69) is 10.7 Å². The smallest absolute Gasteiger partial charge is 0.143 e. The highest BCUT2D eigenvalue weighted by molar-refractivity contribution is 8.14. The van der Waals surface area contributed by atoms with E-state index in [1.54, 1.807) is 24.3 Å². The molecule has 0 heterocycles. The zero-order valence-corrected chi connectivity index (χ0v) is 14.4. The third kappa shape index (κ3) is 4.94. The Kier molecular flexibility index (Phi) is 6.01. The molecule has 0 amide bonds. The molecule has 2 rings (SSSR count). The number of aliphatic hydroxyl groups is 1. The second-order valence-electron chi connectivity index (χ2n) is 5.01. The lowest BCUT2D eigenvalue weighted by atomic mass is 10.2. The monoisotopic (exact) mass is 349 g/mol. The van der Waals surface area contributed by atoms with Crippen molar-refractivity contribution in [3.63, 3.8) is 0 Å². The molecule has 0 radical (unpaired) electrons. The summed E-state index contributed by atoms with van der Waals surface area (Å²) in [5.41, 5.74) is 0.980. The van der Waals surface area contributed by atoms with E-state index in [-0.39, 0.29) is 10.6 Å². The zero-order chi connectivity index (χ0) is 16.9. The maximum atomic E-state index is 12.5. The van der Waals surface area contributed by atoms with E-state index in [1.165, 1.54) is 6.08 Å². The molecule has 2 aromatic rings. The first-order chi connectivity index (χ1) is 10.9. The van der Waals surface area contributed by atoms with E-state index < -0.39 is 27.2 Å². The Bertz CT molecular complexity index is 743. The number of aryl methyl sites for hydroxylation is 1. The van der Waals surface area contributed by atoms with Crippen LogP contribution >= 0.6 is 0 Å². The van der Waals surface area contributed by atoms with Crippen molar-refractivity contribution in [2.75, 3.05) is 5.75 Å². The van der Waals surface area contributed by atoms with Crippen LogP contribution in [0.3, 0.4) is 0 Å². The largest absolute Gasteiger partial charge is 0.384 e. The Morgan fingerprint density at radius 2 is 1.78 bits per heavy atom. The minimum Gasteiger partial charge on any atom is -0.384 e. The first-order valence-electron chi connectivity index (χ1n) is 7.04. The lowest BCUT2D eigenvalue weighted by Crippen LogP contribution is -2.20. The van der Waals surface area contributed by atoms with Crippen molar-refractivity contribution in [2.24, 2.45) is 0 Å². The van der Waals surface area contributed by atoms with E-state index in [0.29, 0.717) is 0 Å². The molecule has 6 heteroatoms. The first-order valence-corrected chi connectivity index (χ1v) is 9.83. The Labute approximate surface area is 140 Å². The van der Waals surface area contributed by atoms with Gasteiger partial charge in [-0.1, -0.05) is 42.0 Å². The van der Waals surface area contributed by atoms with Gasteiger partial charge in [-0.2, -0.15) is 0 Å². The molecular formula is C17H19NO3S2. The van der Waals surface area contributed by atoms with Crippen LogP contribution in [0.2, 0.25) is 0 Å². The lowest BCUT2D eigenvalue weighted by molar-refractivity contribution is 0.248. The average molecular weight is 349 g/mol. The summed E-state index contributed by atoms with van der Waals surface area (Å²) in [6, 6.07) is 15.7. The number of rotatable bonds is 7. The molecule has 2 atom stereocenters. The van der Waals surface area contributed by atoms with E-state index in [0.717, 1.165) is 10.5 Å². The van der Waals surface area contributed by atoms with Gasteiger partial charge in [0, 0.05) is 0 Å². The lowest BCUT2D eigenvalue weighted by Gasteiger charge is -2.22. The minimum atomic E-state index is -3.79. The van der Waals surface area contributed by atoms with Gasteiger partial charge >= 0.3 is 0 Å². The molecule has 1 unspecified atom stereocenters. The van der Waals surface area contributed by atoms with E-state index >= 15 is 0 Å². The zero-order valence-electron chi connectivity index (χ0n) is 12.8. The highest BCUT2D eigenvalue weighted by Crippen LogP contribution is 2.28. The standard InChI is InChI=1S/C17H19NO3S2/c1-3-15(19)13-22(16-7-5-4-6-8-16)18-23(20,21)17-11-9-14(2)10-12-17/h3-12,15,19H,1,13H2,2H3/t15-,22?/m0/s1. The van der Waals surface area contributed by atoms with Crippen LogP contribution < -0.4 is 0 Å². The summed E-state index contributed by atoms with van der Waals surface area (Å²) in [7, 11) is -3.79. The highest BCUT2D eigenvalue weighted by Gasteiger charge is 2.21. The predicted octanol–water partition coefficient (Wildman–Crippen LogP) is 3.20. The molecular weight excluding hydrogens is 330 g/mol. The minimum absolute atomic E-state index is 0.157. The predicted molar refractivity (Wildman–Crippen MR) is 94.9 cm³/mol. The third-order valence-electron chi connectivity index (χ3n) is 3.12. The Morgan fingerprint density at radius 1 is 1.17 bits per heavy atom. The van der Waals surface area contributed by atoms with Crippen LogP contribution in [0.1, 0.15) is 5.56 Å². The van der Waals surface area contributed by atoms with Crippen molar-refractivity contribution in [1.82, 2.24) is 0 Å². The maximum absolute atomic E-state index is 12.5. The van der Waals surface area contributed by atoms with Crippen LogP contribution in [0.25, 0.3) is 4.13 Å². The number of benzene rings is 2. The fourth-order valence-electron chi connectivity index (χ4n) is 1.85. The first kappa shape index (κ1) is 17.7. The molecule has 0 saturated carbocycles. The number of hydrogen-bond acceptors (Lipinski definition) is 3. The molecule has 0 aliphatic rings. The van der Waals surface area contributed by atoms with Crippen LogP contribution in [-0.4, -0.2) is 25.4 Å². The van der Waals surface area contributed by atoms with Crippen LogP contribution in [0.5, 0.6) is 0 Å². The topological polar surface area (TPSA) is 68.5 Å². The van der Waals surface area contributed by atoms with Crippen molar-refractivity contribution >= 4 is 21.1 Å². The molecule has 0 spiro atoms. The second kappa shape index (κ2) is 7.79. The fourth-order valence-corrected chi connectivity index (χ4v) is 5.33. The van der Waals surface area contributed by atoms with E-state index in [4.69, 9.17) is 0 Å². The molecule has 0 aliphatic heterocycles. The molecule has 4 nitrogen and oxygen atoms in total. The molecule has 122 valence electrons. The van der Waals surface area contributed by atoms with Crippen LogP contribution in [-0.2, 0) is 21.1 Å². The van der Waals surface area contributed by atoms with Gasteiger partial charge in [0.2, 0.25) is 0 Å². The van der Waals surface area contributed by atoms with Gasteiger partial charge in [-0.15, -0.1) is 6.58 Å². The molecule has 2 aromatic carbocycles. The molecule has 0 saturated heterocycles. The van der Waals surface area contributed by atoms with E-state index in [1.807, 2.05) is 37.3 Å². The Hall–Kier alpha value is -1.60. The molecule has 0 bridgehead atoms. The molecule has 23 heavy (non-hydrogen) atoms. The summed E-state index contributed by atoms with van der Waals surface area (Å²) < 4.78 is 29.1. The Morgan fingerprint density at radius 3 is 2.35 bits per heavy atom. The maximum Gasteiger partial charge on any atom is 0.143 e. The molecule has 0 fully saturated rings. The average Bonchev–Trinajstić information content (AvgIpc) is 2.55. The van der Waals surface area contributed by atoms with Crippen molar-refractivity contribution in [2.45, 2.75) is 22.8 Å². The fraction of sp³-hybridized carbons (Fsp3) is 0.176. The summed E-state index contributed by atoms with van der Waals surface area (Å²) in [6.07, 6.45) is 0.576. The number of nitrogens with zero attached hydrogens (tertiary/aromatic N) is 1. The summed E-state index contributed by atoms with van der Waals surface area (Å²) in [5.74, 6) is 0.193. The SMILES string of the molecule is C=C[C@H](O)C[S+]([N-]S(=O)(=O)c1ccc(C)cc1)c1ccccc1. The molecule has 0 aliphatic carbocycles. The van der Waals surface area contributed by atoms with Crippen molar-refractivity contribution < 1.29 is 13.5 Å². The highest BCUT2D eigenvalue weighted by atomic mass is 32.3. The van der Waals surface area contributed by atoms with E-state index in [9.17, 15) is 13.5 Å². The summed E-state index contributed by atoms with van der Waals surface area (Å²) in [6.45, 7) is 5.43. The summed E-state index contributed by atoms with van der Waals surface area (Å²) >= 11 is -0.977. The Balaban J connectivity index is 2.29. The third-order valence-corrected chi connectivity index (χ3v) is 6.97. The molecule has 0 aromatic heterocycles. The summed E-state index contributed by atoms with van der Waals surface area (Å²) in [5, 5.41) is 9.83. The normalized spacial score (nSPS) is 14.2. The van der Waals surface area contributed by atoms with Gasteiger partial charge < -0.3 is 9.23 Å². The van der Waals surface area contributed by atoms with Gasteiger partial charge in [0.15, 0.2) is 0 Å². The van der Waals surface area contributed by atoms with Gasteiger partial charge in [0.05, 0.1) is 4.90 Å². The van der Waals surface area contributed by atoms with Crippen LogP contribution in [0.15, 0.2) is 77.0 Å². The number of hydrogen-bond donors (Lipinski definition) is 1. The van der Waals surface area contributed by atoms with Gasteiger partial charge in [0.25, 0.3) is 0 Å². The number of sulfonamides is 1. The van der Waals surface area contributed by atoms with Crippen molar-refractivity contribution in [3.8, 4) is 0 Å². The number of aliphatic hydroxyl groups excluding tert-OH is 1. The molecule has 1 N–H and O–H groups in total. The second-order valence-corrected chi connectivity index (χ2v) is 8.56. The van der Waals surface area contributed by atoms with Crippen molar-refractivity contribution in [1.29, 1.82) is 0 Å². The summed E-state index contributed by atoms with van der Waals surface area (Å²) in [4.78, 5) is 0.925. The van der Waals surface area contributed by atoms with Gasteiger partial charge in [-0.3, -0.25) is 0 Å². The quantitative estimate of drug-likeness (QED) is 0.616.